The van der Waals surface area contributed by atoms with Gasteiger partial charge >= 0.3 is 0 Å². The summed E-state index contributed by atoms with van der Waals surface area (Å²) in [6, 6.07) is 5.15. The van der Waals surface area contributed by atoms with E-state index in [9.17, 15) is 10.2 Å². The molecule has 0 fully saturated rings. The molecule has 2 unspecified atom stereocenters. The first-order valence-corrected chi connectivity index (χ1v) is 6.68. The zero-order valence-corrected chi connectivity index (χ0v) is 11.8. The Morgan fingerprint density at radius 1 is 1.00 bits per heavy atom. The van der Waals surface area contributed by atoms with Crippen LogP contribution in [0.5, 0.6) is 11.5 Å². The van der Waals surface area contributed by atoms with Gasteiger partial charge in [0.15, 0.2) is 0 Å². The van der Waals surface area contributed by atoms with E-state index in [-0.39, 0.29) is 17.5 Å². The summed E-state index contributed by atoms with van der Waals surface area (Å²) in [6.45, 7) is 8.52. The monoisotopic (exact) mass is 251 g/mol. The molecule has 0 aliphatic rings. The van der Waals surface area contributed by atoms with Crippen molar-refractivity contribution in [1.82, 2.24) is 5.32 Å². The molecule has 0 saturated carbocycles. The number of hydrogen-bond donors (Lipinski definition) is 3. The first kappa shape index (κ1) is 14.8. The van der Waals surface area contributed by atoms with Crippen molar-refractivity contribution in [2.75, 3.05) is 0 Å². The molecule has 1 rings (SSSR count). The van der Waals surface area contributed by atoms with E-state index in [2.05, 4.69) is 26.1 Å². The lowest BCUT2D eigenvalue weighted by Gasteiger charge is -2.22. The zero-order valence-electron chi connectivity index (χ0n) is 11.8. The van der Waals surface area contributed by atoms with Crippen LogP contribution < -0.4 is 5.32 Å². The second kappa shape index (κ2) is 6.64. The van der Waals surface area contributed by atoms with Gasteiger partial charge in [-0.05, 0) is 44.7 Å². The summed E-state index contributed by atoms with van der Waals surface area (Å²) in [4.78, 5) is 0. The Hall–Kier alpha value is -1.22. The highest BCUT2D eigenvalue weighted by Gasteiger charge is 2.16. The van der Waals surface area contributed by atoms with E-state index < -0.39 is 0 Å². The number of nitrogens with one attached hydrogen (secondary N) is 1. The largest absolute Gasteiger partial charge is 0.507 e. The third kappa shape index (κ3) is 4.22. The molecule has 0 amide bonds. The fourth-order valence-electron chi connectivity index (χ4n) is 2.16. The molecule has 0 aliphatic carbocycles. The van der Waals surface area contributed by atoms with Crippen LogP contribution in [-0.2, 0) is 0 Å². The van der Waals surface area contributed by atoms with Gasteiger partial charge in [0.25, 0.3) is 0 Å². The minimum Gasteiger partial charge on any atom is -0.507 e. The molecule has 1 aromatic rings. The van der Waals surface area contributed by atoms with Crippen LogP contribution in [0, 0.1) is 5.92 Å². The predicted octanol–water partition coefficient (Wildman–Crippen LogP) is 3.57. The average Bonchev–Trinajstić information content (AvgIpc) is 2.26. The predicted molar refractivity (Wildman–Crippen MR) is 74.9 cm³/mol. The highest BCUT2D eigenvalue weighted by molar-refractivity contribution is 5.44. The molecule has 0 radical (unpaired) electrons. The molecule has 0 bridgehead atoms. The first-order chi connectivity index (χ1) is 8.41. The average molecular weight is 251 g/mol. The maximum Gasteiger partial charge on any atom is 0.124 e. The standard InChI is InChI=1S/C15H25NO2/c1-10(2)8-9-11(3)16-12(4)15-13(17)6-5-7-14(15)18/h5-7,10-12,16-18H,8-9H2,1-4H3. The molecule has 3 nitrogen and oxygen atoms in total. The van der Waals surface area contributed by atoms with Crippen LogP contribution in [0.3, 0.4) is 0 Å². The quantitative estimate of drug-likeness (QED) is 0.724. The summed E-state index contributed by atoms with van der Waals surface area (Å²) in [5, 5.41) is 23.0. The van der Waals surface area contributed by atoms with Crippen LogP contribution in [0.2, 0.25) is 0 Å². The van der Waals surface area contributed by atoms with E-state index in [0.29, 0.717) is 17.5 Å². The van der Waals surface area contributed by atoms with Gasteiger partial charge in [-0.3, -0.25) is 0 Å². The van der Waals surface area contributed by atoms with Crippen molar-refractivity contribution in [1.29, 1.82) is 0 Å². The molecule has 18 heavy (non-hydrogen) atoms. The first-order valence-electron chi connectivity index (χ1n) is 6.68. The van der Waals surface area contributed by atoms with Gasteiger partial charge < -0.3 is 15.5 Å². The molecule has 0 heterocycles. The molecular weight excluding hydrogens is 226 g/mol. The van der Waals surface area contributed by atoms with Crippen LogP contribution >= 0.6 is 0 Å². The van der Waals surface area contributed by atoms with Crippen molar-refractivity contribution in [3.05, 3.63) is 23.8 Å². The normalized spacial score (nSPS) is 14.7. The van der Waals surface area contributed by atoms with E-state index in [0.717, 1.165) is 6.42 Å². The summed E-state index contributed by atoms with van der Waals surface area (Å²) in [6.07, 6.45) is 2.27. The van der Waals surface area contributed by atoms with Gasteiger partial charge in [0.05, 0.1) is 5.56 Å². The summed E-state index contributed by atoms with van der Waals surface area (Å²) >= 11 is 0. The van der Waals surface area contributed by atoms with Crippen molar-refractivity contribution in [3.8, 4) is 11.5 Å². The van der Waals surface area contributed by atoms with E-state index in [4.69, 9.17) is 0 Å². The number of phenols is 2. The maximum absolute atomic E-state index is 9.79. The fraction of sp³-hybridized carbons (Fsp3) is 0.600. The van der Waals surface area contributed by atoms with Crippen LogP contribution in [0.25, 0.3) is 0 Å². The van der Waals surface area contributed by atoms with Crippen LogP contribution in [0.15, 0.2) is 18.2 Å². The molecule has 0 saturated heterocycles. The van der Waals surface area contributed by atoms with Crippen molar-refractivity contribution < 1.29 is 10.2 Å². The number of aromatic hydroxyl groups is 2. The van der Waals surface area contributed by atoms with Gasteiger partial charge in [-0.25, -0.2) is 0 Å². The van der Waals surface area contributed by atoms with Gasteiger partial charge in [0.2, 0.25) is 0 Å². The van der Waals surface area contributed by atoms with E-state index in [1.807, 2.05) is 6.92 Å². The Labute approximate surface area is 110 Å². The topological polar surface area (TPSA) is 52.5 Å². The Balaban J connectivity index is 2.62. The minimum absolute atomic E-state index is 0.0617. The summed E-state index contributed by atoms with van der Waals surface area (Å²) in [5.74, 6) is 0.986. The molecule has 1 aromatic carbocycles. The van der Waals surface area contributed by atoms with E-state index in [1.165, 1.54) is 6.42 Å². The van der Waals surface area contributed by atoms with Gasteiger partial charge in [0, 0.05) is 12.1 Å². The lowest BCUT2D eigenvalue weighted by molar-refractivity contribution is 0.386. The highest BCUT2D eigenvalue weighted by Crippen LogP contribution is 2.32. The Morgan fingerprint density at radius 3 is 2.06 bits per heavy atom. The Morgan fingerprint density at radius 2 is 1.56 bits per heavy atom. The summed E-state index contributed by atoms with van der Waals surface area (Å²) < 4.78 is 0. The van der Waals surface area contributed by atoms with Gasteiger partial charge in [-0.15, -0.1) is 0 Å². The summed E-state index contributed by atoms with van der Waals surface area (Å²) in [7, 11) is 0. The smallest absolute Gasteiger partial charge is 0.124 e. The summed E-state index contributed by atoms with van der Waals surface area (Å²) in [5.41, 5.74) is 0.578. The third-order valence-corrected chi connectivity index (χ3v) is 3.20. The van der Waals surface area contributed by atoms with Crippen LogP contribution in [0.4, 0.5) is 0 Å². The van der Waals surface area contributed by atoms with Crippen molar-refractivity contribution in [3.63, 3.8) is 0 Å². The highest BCUT2D eigenvalue weighted by atomic mass is 16.3. The van der Waals surface area contributed by atoms with Crippen molar-refractivity contribution >= 4 is 0 Å². The van der Waals surface area contributed by atoms with Gasteiger partial charge in [-0.1, -0.05) is 19.9 Å². The van der Waals surface area contributed by atoms with Gasteiger partial charge in [-0.2, -0.15) is 0 Å². The minimum atomic E-state index is -0.0617. The fourth-order valence-corrected chi connectivity index (χ4v) is 2.16. The van der Waals surface area contributed by atoms with E-state index in [1.54, 1.807) is 18.2 Å². The molecule has 102 valence electrons. The third-order valence-electron chi connectivity index (χ3n) is 3.20. The number of rotatable bonds is 6. The second-order valence-corrected chi connectivity index (χ2v) is 5.47. The van der Waals surface area contributed by atoms with Crippen LogP contribution in [-0.4, -0.2) is 16.3 Å². The molecule has 3 N–H and O–H groups in total. The lowest BCUT2D eigenvalue weighted by Crippen LogP contribution is -2.29. The van der Waals surface area contributed by atoms with E-state index >= 15 is 0 Å². The molecular formula is C15H25NO2. The lowest BCUT2D eigenvalue weighted by atomic mass is 10.0. The molecule has 0 spiro atoms. The molecule has 2 atom stereocenters. The Kier molecular flexibility index (Phi) is 5.48. The molecule has 0 aliphatic heterocycles. The zero-order chi connectivity index (χ0) is 13.7. The van der Waals surface area contributed by atoms with Crippen molar-refractivity contribution in [2.45, 2.75) is 52.6 Å². The van der Waals surface area contributed by atoms with Crippen molar-refractivity contribution in [2.24, 2.45) is 5.92 Å². The number of hydrogen-bond acceptors (Lipinski definition) is 3. The second-order valence-electron chi connectivity index (χ2n) is 5.47. The van der Waals surface area contributed by atoms with Gasteiger partial charge in [0.1, 0.15) is 11.5 Å². The molecule has 0 aromatic heterocycles. The van der Waals surface area contributed by atoms with Crippen LogP contribution in [0.1, 0.15) is 52.1 Å². The molecule has 3 heteroatoms. The number of benzene rings is 1. The Bertz CT molecular complexity index is 357. The number of phenolic OH excluding ortho intramolecular Hbond substituents is 2. The maximum atomic E-state index is 9.79. The SMILES string of the molecule is CC(C)CCC(C)NC(C)c1c(O)cccc1O.